The third kappa shape index (κ3) is 4.85. The average molecular weight is 450 g/mol. The molecule has 0 bridgehead atoms. The standard InChI is InChI=1S/C21H28N4O4S.CH4/c1-13(2)25(29-8-7-24-30(3,27)28)21(26)15-9-17-16-5-4-6-18-20(16)14(11-22-18)10-19(17)23-12-15;/h4-6,9,11,13,15,19,22-24H,7-8,10,12H2,1-3H3;1H4/p+1/t15-,19?;/m1./s1. The Morgan fingerprint density at radius 3 is 2.87 bits per heavy atom. The summed E-state index contributed by atoms with van der Waals surface area (Å²) in [5.41, 5.74) is 4.86. The smallest absolute Gasteiger partial charge is 0.259 e. The van der Waals surface area contributed by atoms with Crippen molar-refractivity contribution in [3.8, 4) is 0 Å². The van der Waals surface area contributed by atoms with Gasteiger partial charge in [-0.25, -0.2) is 18.2 Å². The van der Waals surface area contributed by atoms with Gasteiger partial charge in [0, 0.05) is 35.6 Å². The number of hydroxylamine groups is 2. The molecule has 1 aliphatic heterocycles. The van der Waals surface area contributed by atoms with Gasteiger partial charge in [-0.1, -0.05) is 25.6 Å². The lowest BCUT2D eigenvalue weighted by atomic mass is 9.80. The molecule has 2 aliphatic rings. The number of H-pyrrole nitrogens is 1. The first-order valence-corrected chi connectivity index (χ1v) is 12.2. The van der Waals surface area contributed by atoms with Crippen LogP contribution in [-0.2, 0) is 26.1 Å². The predicted octanol–water partition coefficient (Wildman–Crippen LogP) is 1.02. The lowest BCUT2D eigenvalue weighted by Crippen LogP contribution is -2.93. The van der Waals surface area contributed by atoms with Gasteiger partial charge >= 0.3 is 0 Å². The van der Waals surface area contributed by atoms with E-state index in [1.54, 1.807) is 0 Å². The van der Waals surface area contributed by atoms with Gasteiger partial charge in [0.2, 0.25) is 10.0 Å². The van der Waals surface area contributed by atoms with Gasteiger partial charge in [-0.3, -0.25) is 9.63 Å². The molecule has 9 heteroatoms. The number of sulfonamides is 1. The number of benzene rings is 1. The van der Waals surface area contributed by atoms with Crippen molar-refractivity contribution in [3.63, 3.8) is 0 Å². The van der Waals surface area contributed by atoms with Crippen molar-refractivity contribution < 1.29 is 23.4 Å². The first kappa shape index (κ1) is 23.5. The number of quaternary nitrogens is 1. The molecular weight excluding hydrogens is 416 g/mol. The summed E-state index contributed by atoms with van der Waals surface area (Å²) in [6.07, 6.45) is 6.24. The molecule has 0 saturated carbocycles. The number of amides is 1. The molecule has 0 saturated heterocycles. The summed E-state index contributed by atoms with van der Waals surface area (Å²) in [4.78, 5) is 22.2. The number of carbonyl (C=O) groups excluding carboxylic acids is 1. The van der Waals surface area contributed by atoms with Gasteiger partial charge in [-0.15, -0.1) is 0 Å². The van der Waals surface area contributed by atoms with Crippen LogP contribution < -0.4 is 10.0 Å². The van der Waals surface area contributed by atoms with Crippen LogP contribution in [0.2, 0.25) is 0 Å². The fourth-order valence-corrected chi connectivity index (χ4v) is 4.85. The van der Waals surface area contributed by atoms with Crippen molar-refractivity contribution in [2.24, 2.45) is 5.92 Å². The first-order chi connectivity index (χ1) is 14.2. The van der Waals surface area contributed by atoms with E-state index in [1.165, 1.54) is 27.1 Å². The summed E-state index contributed by atoms with van der Waals surface area (Å²) in [7, 11) is -3.29. The predicted molar refractivity (Wildman–Crippen MR) is 122 cm³/mol. The zero-order valence-corrected chi connectivity index (χ0v) is 18.3. The van der Waals surface area contributed by atoms with Crippen molar-refractivity contribution in [1.82, 2.24) is 14.8 Å². The molecule has 2 heterocycles. The molecule has 0 radical (unpaired) electrons. The lowest BCUT2D eigenvalue weighted by Gasteiger charge is -2.33. The van der Waals surface area contributed by atoms with Crippen molar-refractivity contribution in [2.75, 3.05) is 26.0 Å². The van der Waals surface area contributed by atoms with Crippen LogP contribution in [0.3, 0.4) is 0 Å². The summed E-state index contributed by atoms with van der Waals surface area (Å²) in [6, 6.07) is 6.42. The van der Waals surface area contributed by atoms with Gasteiger partial charge in [0.15, 0.2) is 0 Å². The van der Waals surface area contributed by atoms with Gasteiger partial charge in [0.05, 0.1) is 25.4 Å². The monoisotopic (exact) mass is 449 g/mol. The van der Waals surface area contributed by atoms with Crippen LogP contribution in [0.15, 0.2) is 30.5 Å². The molecule has 1 aliphatic carbocycles. The van der Waals surface area contributed by atoms with E-state index in [-0.39, 0.29) is 38.4 Å². The minimum absolute atomic E-state index is 0. The van der Waals surface area contributed by atoms with Crippen LogP contribution in [0.1, 0.15) is 32.4 Å². The second-order valence-corrected chi connectivity index (χ2v) is 10.1. The molecule has 1 aromatic carbocycles. The summed E-state index contributed by atoms with van der Waals surface area (Å²) in [5.74, 6) is -0.393. The summed E-state index contributed by atoms with van der Waals surface area (Å²) < 4.78 is 24.8. The summed E-state index contributed by atoms with van der Waals surface area (Å²) in [6.45, 7) is 4.65. The number of hydrogen-bond donors (Lipinski definition) is 3. The number of rotatable bonds is 7. The molecule has 4 N–H and O–H groups in total. The lowest BCUT2D eigenvalue weighted by molar-refractivity contribution is -0.681. The maximum absolute atomic E-state index is 13.2. The Labute approximate surface area is 184 Å². The van der Waals surface area contributed by atoms with Crippen LogP contribution in [0.5, 0.6) is 0 Å². The van der Waals surface area contributed by atoms with Crippen molar-refractivity contribution in [1.29, 1.82) is 0 Å². The second-order valence-electron chi connectivity index (χ2n) is 8.31. The quantitative estimate of drug-likeness (QED) is 0.433. The van der Waals surface area contributed by atoms with E-state index in [9.17, 15) is 13.2 Å². The third-order valence-electron chi connectivity index (χ3n) is 5.69. The molecule has 1 unspecified atom stereocenters. The van der Waals surface area contributed by atoms with Crippen molar-refractivity contribution in [3.05, 3.63) is 41.6 Å². The molecule has 0 fully saturated rings. The van der Waals surface area contributed by atoms with Gasteiger partial charge < -0.3 is 10.3 Å². The first-order valence-electron chi connectivity index (χ1n) is 10.3. The zero-order chi connectivity index (χ0) is 21.5. The highest BCUT2D eigenvalue weighted by Gasteiger charge is 2.37. The topological polar surface area (TPSA) is 108 Å². The zero-order valence-electron chi connectivity index (χ0n) is 17.5. The van der Waals surface area contributed by atoms with Gasteiger partial charge in [-0.2, -0.15) is 0 Å². The minimum Gasteiger partial charge on any atom is -0.361 e. The number of nitrogens with zero attached hydrogens (tertiary/aromatic N) is 1. The molecule has 8 nitrogen and oxygen atoms in total. The van der Waals surface area contributed by atoms with Crippen LogP contribution in [-0.4, -0.2) is 62.4 Å². The molecule has 2 atom stereocenters. The minimum atomic E-state index is -3.29. The molecule has 4 rings (SSSR count). The average Bonchev–Trinajstić information content (AvgIpc) is 3.10. The molecule has 170 valence electrons. The Hall–Kier alpha value is -2.20. The highest BCUT2D eigenvalue weighted by molar-refractivity contribution is 7.88. The van der Waals surface area contributed by atoms with Gasteiger partial charge in [0.25, 0.3) is 5.91 Å². The highest BCUT2D eigenvalue weighted by atomic mass is 32.2. The van der Waals surface area contributed by atoms with Crippen LogP contribution in [0.25, 0.3) is 16.5 Å². The number of nitrogens with two attached hydrogens (primary N) is 1. The van der Waals surface area contributed by atoms with E-state index in [0.717, 1.165) is 18.2 Å². The molecule has 0 spiro atoms. The normalized spacial score (nSPS) is 20.2. The number of fused-ring (bicyclic) bond motifs is 2. The summed E-state index contributed by atoms with van der Waals surface area (Å²) in [5, 5.41) is 4.88. The number of aromatic nitrogens is 1. The largest absolute Gasteiger partial charge is 0.361 e. The van der Waals surface area contributed by atoms with E-state index in [1.807, 2.05) is 19.9 Å². The van der Waals surface area contributed by atoms with Gasteiger partial charge in [0.1, 0.15) is 12.0 Å². The Balaban J connectivity index is 0.00000272. The fourth-order valence-electron chi connectivity index (χ4n) is 4.40. The summed E-state index contributed by atoms with van der Waals surface area (Å²) >= 11 is 0. The Morgan fingerprint density at radius 1 is 1.39 bits per heavy atom. The second kappa shape index (κ2) is 9.12. The van der Waals surface area contributed by atoms with E-state index in [4.69, 9.17) is 4.84 Å². The number of aromatic amines is 1. The maximum atomic E-state index is 13.2. The Morgan fingerprint density at radius 2 is 2.16 bits per heavy atom. The number of nitrogens with one attached hydrogen (secondary N) is 2. The van der Waals surface area contributed by atoms with Gasteiger partial charge in [-0.05, 0) is 31.0 Å². The Bertz CT molecular complexity index is 1090. The molecule has 31 heavy (non-hydrogen) atoms. The maximum Gasteiger partial charge on any atom is 0.259 e. The molecule has 1 aromatic heterocycles. The van der Waals surface area contributed by atoms with Crippen LogP contribution >= 0.6 is 0 Å². The van der Waals surface area contributed by atoms with E-state index in [0.29, 0.717) is 12.6 Å². The van der Waals surface area contributed by atoms with E-state index in [2.05, 4.69) is 39.4 Å². The molecular formula is C22H33N4O4S+. The van der Waals surface area contributed by atoms with Crippen LogP contribution in [0, 0.1) is 5.92 Å². The van der Waals surface area contributed by atoms with E-state index >= 15 is 0 Å². The number of carbonyl (C=O) groups is 1. The van der Waals surface area contributed by atoms with Crippen molar-refractivity contribution in [2.45, 2.75) is 39.8 Å². The van der Waals surface area contributed by atoms with E-state index < -0.39 is 10.0 Å². The number of hydrogen-bond acceptors (Lipinski definition) is 4. The third-order valence-corrected chi connectivity index (χ3v) is 6.42. The SMILES string of the molecule is C.CC(C)N(OCCNS(C)(=O)=O)C(=O)[C@@H]1C=C2c3cccc4[nH]cc(c34)CC2[NH2+]C1. The van der Waals surface area contributed by atoms with Crippen molar-refractivity contribution >= 4 is 32.4 Å². The molecule has 1 amide bonds. The Kier molecular flexibility index (Phi) is 6.90. The van der Waals surface area contributed by atoms with Crippen LogP contribution in [0.4, 0.5) is 0 Å². The highest BCUT2D eigenvalue weighted by Crippen LogP contribution is 2.36. The molecule has 2 aromatic rings. The fraction of sp³-hybridized carbons (Fsp3) is 0.500.